The van der Waals surface area contributed by atoms with Crippen molar-refractivity contribution in [3.05, 3.63) is 25.3 Å². The SMILES string of the molecule is C=CCOCC(CCCCCCCCCCCC)OC(CCCCCCCCCCCC)COCC=C. The molecule has 0 amide bonds. The molecule has 0 aromatic carbocycles. The molecule has 0 fully saturated rings. The number of unbranched alkanes of at least 4 members (excludes halogenated alkanes) is 18. The maximum absolute atomic E-state index is 6.59. The van der Waals surface area contributed by atoms with Crippen molar-refractivity contribution in [2.24, 2.45) is 0 Å². The lowest BCUT2D eigenvalue weighted by Crippen LogP contribution is -2.30. The van der Waals surface area contributed by atoms with E-state index in [4.69, 9.17) is 14.2 Å². The molecule has 0 bridgehead atoms. The molecule has 0 rings (SSSR count). The molecule has 0 aromatic heterocycles. The Balaban J connectivity index is 4.26. The third kappa shape index (κ3) is 28.2. The van der Waals surface area contributed by atoms with Gasteiger partial charge in [0.2, 0.25) is 0 Å². The summed E-state index contributed by atoms with van der Waals surface area (Å²) in [5.41, 5.74) is 0. The van der Waals surface area contributed by atoms with E-state index in [1.807, 2.05) is 12.2 Å². The summed E-state index contributed by atoms with van der Waals surface area (Å²) < 4.78 is 18.2. The Kier molecular flexibility index (Phi) is 31.0. The zero-order chi connectivity index (χ0) is 27.1. The molecular weight excluding hydrogens is 456 g/mol. The van der Waals surface area contributed by atoms with Crippen molar-refractivity contribution in [2.45, 2.75) is 167 Å². The Bertz CT molecular complexity index is 410. The fourth-order valence-corrected chi connectivity index (χ4v) is 4.94. The Morgan fingerprint density at radius 2 is 0.757 bits per heavy atom. The first-order valence-electron chi connectivity index (χ1n) is 16.3. The zero-order valence-electron chi connectivity index (χ0n) is 25.3. The second kappa shape index (κ2) is 31.6. The fraction of sp³-hybridized carbons (Fsp3) is 0.882. The van der Waals surface area contributed by atoms with Crippen LogP contribution in [-0.4, -0.2) is 38.6 Å². The molecule has 3 heteroatoms. The summed E-state index contributed by atoms with van der Waals surface area (Å²) in [5, 5.41) is 0. The van der Waals surface area contributed by atoms with Crippen molar-refractivity contribution in [3.63, 3.8) is 0 Å². The zero-order valence-corrected chi connectivity index (χ0v) is 25.3. The van der Waals surface area contributed by atoms with Gasteiger partial charge in [-0.25, -0.2) is 0 Å². The normalized spacial score (nSPS) is 13.0. The highest BCUT2D eigenvalue weighted by atomic mass is 16.6. The maximum atomic E-state index is 6.59. The second-order valence-corrected chi connectivity index (χ2v) is 11.0. The minimum absolute atomic E-state index is 0.148. The van der Waals surface area contributed by atoms with E-state index >= 15 is 0 Å². The molecule has 2 unspecified atom stereocenters. The summed E-state index contributed by atoms with van der Waals surface area (Å²) in [6.07, 6.45) is 33.3. The Labute approximate surface area is 233 Å². The molecule has 0 N–H and O–H groups in total. The Morgan fingerprint density at radius 3 is 1.05 bits per heavy atom. The lowest BCUT2D eigenvalue weighted by atomic mass is 10.0. The summed E-state index contributed by atoms with van der Waals surface area (Å²) >= 11 is 0. The number of ether oxygens (including phenoxy) is 3. The van der Waals surface area contributed by atoms with E-state index in [0.29, 0.717) is 26.4 Å². The Hall–Kier alpha value is -0.640. The molecular formula is C34H66O3. The molecule has 220 valence electrons. The van der Waals surface area contributed by atoms with Gasteiger partial charge in [-0.3, -0.25) is 0 Å². The fourth-order valence-electron chi connectivity index (χ4n) is 4.94. The van der Waals surface area contributed by atoms with Crippen molar-refractivity contribution in [1.29, 1.82) is 0 Å². The summed E-state index contributed by atoms with van der Waals surface area (Å²) in [4.78, 5) is 0. The van der Waals surface area contributed by atoms with E-state index in [-0.39, 0.29) is 12.2 Å². The highest BCUT2D eigenvalue weighted by Gasteiger charge is 2.17. The van der Waals surface area contributed by atoms with Crippen LogP contribution in [0.3, 0.4) is 0 Å². The van der Waals surface area contributed by atoms with Gasteiger partial charge in [-0.05, 0) is 12.8 Å². The Morgan fingerprint density at radius 1 is 0.459 bits per heavy atom. The van der Waals surface area contributed by atoms with Crippen molar-refractivity contribution in [1.82, 2.24) is 0 Å². The molecule has 0 aliphatic rings. The largest absolute Gasteiger partial charge is 0.375 e. The third-order valence-electron chi connectivity index (χ3n) is 7.22. The van der Waals surface area contributed by atoms with Gasteiger partial charge in [0.15, 0.2) is 0 Å². The van der Waals surface area contributed by atoms with Crippen LogP contribution in [0.25, 0.3) is 0 Å². The molecule has 0 spiro atoms. The lowest BCUT2D eigenvalue weighted by molar-refractivity contribution is -0.0867. The van der Waals surface area contributed by atoms with E-state index in [0.717, 1.165) is 12.8 Å². The minimum Gasteiger partial charge on any atom is -0.375 e. The van der Waals surface area contributed by atoms with Crippen LogP contribution in [0.1, 0.15) is 155 Å². The number of hydrogen-bond donors (Lipinski definition) is 0. The first-order valence-corrected chi connectivity index (χ1v) is 16.3. The van der Waals surface area contributed by atoms with Gasteiger partial charge in [-0.1, -0.05) is 154 Å². The molecule has 0 aliphatic carbocycles. The molecule has 0 saturated heterocycles. The molecule has 3 nitrogen and oxygen atoms in total. The standard InChI is InChI=1S/C34H66O3/c1-5-9-11-13-15-17-19-21-23-25-27-33(31-35-29-7-3)37-34(32-36-30-8-4)28-26-24-22-20-18-16-14-12-10-6-2/h7-8,33-34H,3-6,9-32H2,1-2H3. The molecule has 0 heterocycles. The average Bonchev–Trinajstić information content (AvgIpc) is 2.90. The van der Waals surface area contributed by atoms with Crippen LogP contribution in [0, 0.1) is 0 Å². The van der Waals surface area contributed by atoms with E-state index in [1.165, 1.54) is 128 Å². The number of rotatable bonds is 32. The number of hydrogen-bond acceptors (Lipinski definition) is 3. The van der Waals surface area contributed by atoms with Gasteiger partial charge < -0.3 is 14.2 Å². The van der Waals surface area contributed by atoms with E-state index in [9.17, 15) is 0 Å². The summed E-state index contributed by atoms with van der Waals surface area (Å²) in [6, 6.07) is 0. The van der Waals surface area contributed by atoms with Gasteiger partial charge in [0.05, 0.1) is 38.6 Å². The smallest absolute Gasteiger partial charge is 0.0813 e. The highest BCUT2D eigenvalue weighted by Crippen LogP contribution is 2.18. The molecule has 2 atom stereocenters. The van der Waals surface area contributed by atoms with Gasteiger partial charge >= 0.3 is 0 Å². The van der Waals surface area contributed by atoms with Crippen LogP contribution in [-0.2, 0) is 14.2 Å². The van der Waals surface area contributed by atoms with Crippen LogP contribution >= 0.6 is 0 Å². The minimum atomic E-state index is 0.148. The topological polar surface area (TPSA) is 27.7 Å². The lowest BCUT2D eigenvalue weighted by Gasteiger charge is -2.25. The van der Waals surface area contributed by atoms with Crippen LogP contribution < -0.4 is 0 Å². The first kappa shape index (κ1) is 36.4. The quantitative estimate of drug-likeness (QED) is 0.0649. The van der Waals surface area contributed by atoms with Gasteiger partial charge in [0.25, 0.3) is 0 Å². The monoisotopic (exact) mass is 523 g/mol. The van der Waals surface area contributed by atoms with Crippen LogP contribution in [0.15, 0.2) is 25.3 Å². The summed E-state index contributed by atoms with van der Waals surface area (Å²) in [5.74, 6) is 0. The summed E-state index contributed by atoms with van der Waals surface area (Å²) in [7, 11) is 0. The van der Waals surface area contributed by atoms with Gasteiger partial charge in [-0.15, -0.1) is 13.2 Å². The van der Waals surface area contributed by atoms with Gasteiger partial charge in [-0.2, -0.15) is 0 Å². The van der Waals surface area contributed by atoms with Crippen LogP contribution in [0.4, 0.5) is 0 Å². The third-order valence-corrected chi connectivity index (χ3v) is 7.22. The molecule has 0 saturated carbocycles. The predicted molar refractivity (Wildman–Crippen MR) is 164 cm³/mol. The second-order valence-electron chi connectivity index (χ2n) is 11.0. The van der Waals surface area contributed by atoms with E-state index < -0.39 is 0 Å². The molecule has 37 heavy (non-hydrogen) atoms. The predicted octanol–water partition coefficient (Wildman–Crippen LogP) is 10.8. The average molecular weight is 523 g/mol. The van der Waals surface area contributed by atoms with Gasteiger partial charge in [0.1, 0.15) is 0 Å². The van der Waals surface area contributed by atoms with E-state index in [1.54, 1.807) is 0 Å². The van der Waals surface area contributed by atoms with Crippen molar-refractivity contribution in [2.75, 3.05) is 26.4 Å². The van der Waals surface area contributed by atoms with Gasteiger partial charge in [0, 0.05) is 0 Å². The van der Waals surface area contributed by atoms with Crippen LogP contribution in [0.5, 0.6) is 0 Å². The summed E-state index contributed by atoms with van der Waals surface area (Å²) in [6.45, 7) is 14.6. The first-order chi connectivity index (χ1) is 18.3. The maximum Gasteiger partial charge on any atom is 0.0813 e. The molecule has 0 radical (unpaired) electrons. The van der Waals surface area contributed by atoms with E-state index in [2.05, 4.69) is 27.0 Å². The van der Waals surface area contributed by atoms with Crippen molar-refractivity contribution < 1.29 is 14.2 Å². The molecule has 0 aliphatic heterocycles. The highest BCUT2D eigenvalue weighted by molar-refractivity contribution is 4.70. The molecule has 0 aromatic rings. The van der Waals surface area contributed by atoms with Crippen molar-refractivity contribution >= 4 is 0 Å². The van der Waals surface area contributed by atoms with Crippen molar-refractivity contribution in [3.8, 4) is 0 Å². The van der Waals surface area contributed by atoms with Crippen LogP contribution in [0.2, 0.25) is 0 Å².